The SMILES string of the molecule is CCC(NC(=O)CC(CN)OC)c1ccccc1OC. The molecule has 0 saturated heterocycles. The van der Waals surface area contributed by atoms with Gasteiger partial charge in [0.25, 0.3) is 0 Å². The lowest BCUT2D eigenvalue weighted by molar-refractivity contribution is -0.124. The number of hydrogen-bond acceptors (Lipinski definition) is 4. The third-order valence-corrected chi connectivity index (χ3v) is 3.27. The van der Waals surface area contributed by atoms with E-state index in [-0.39, 0.29) is 24.5 Å². The number of hydrogen-bond donors (Lipinski definition) is 2. The van der Waals surface area contributed by atoms with E-state index in [1.165, 1.54) is 0 Å². The maximum Gasteiger partial charge on any atom is 0.223 e. The van der Waals surface area contributed by atoms with Crippen LogP contribution in [0.1, 0.15) is 31.4 Å². The van der Waals surface area contributed by atoms with Crippen molar-refractivity contribution in [2.75, 3.05) is 20.8 Å². The van der Waals surface area contributed by atoms with Crippen LogP contribution in [0.3, 0.4) is 0 Å². The number of methoxy groups -OCH3 is 2. The molecule has 1 aromatic carbocycles. The number of carbonyl (C=O) groups is 1. The summed E-state index contributed by atoms with van der Waals surface area (Å²) < 4.78 is 10.5. The van der Waals surface area contributed by atoms with E-state index < -0.39 is 0 Å². The minimum Gasteiger partial charge on any atom is -0.496 e. The lowest BCUT2D eigenvalue weighted by atomic mass is 10.0. The molecule has 0 radical (unpaired) electrons. The predicted octanol–water partition coefficient (Wildman–Crippen LogP) is 1.63. The molecule has 0 fully saturated rings. The molecule has 1 rings (SSSR count). The van der Waals surface area contributed by atoms with Gasteiger partial charge in [0.1, 0.15) is 5.75 Å². The van der Waals surface area contributed by atoms with E-state index in [1.54, 1.807) is 14.2 Å². The largest absolute Gasteiger partial charge is 0.496 e. The highest BCUT2D eigenvalue weighted by molar-refractivity contribution is 5.77. The number of amides is 1. The third kappa shape index (κ3) is 4.51. The molecule has 5 heteroatoms. The van der Waals surface area contributed by atoms with Crippen molar-refractivity contribution in [1.29, 1.82) is 0 Å². The topological polar surface area (TPSA) is 73.6 Å². The van der Waals surface area contributed by atoms with Crippen molar-refractivity contribution < 1.29 is 14.3 Å². The Kier molecular flexibility index (Phi) is 7.04. The first-order chi connectivity index (χ1) is 9.65. The van der Waals surface area contributed by atoms with Crippen molar-refractivity contribution in [3.63, 3.8) is 0 Å². The first-order valence-electron chi connectivity index (χ1n) is 6.81. The van der Waals surface area contributed by atoms with Crippen molar-refractivity contribution >= 4 is 5.91 Å². The molecule has 0 bridgehead atoms. The molecule has 0 saturated carbocycles. The number of nitrogens with two attached hydrogens (primary N) is 1. The van der Waals surface area contributed by atoms with Gasteiger partial charge in [-0.1, -0.05) is 25.1 Å². The molecule has 0 aromatic heterocycles. The second-order valence-corrected chi connectivity index (χ2v) is 4.57. The number of nitrogens with one attached hydrogen (secondary N) is 1. The van der Waals surface area contributed by atoms with Gasteiger partial charge in [0.15, 0.2) is 0 Å². The van der Waals surface area contributed by atoms with E-state index in [2.05, 4.69) is 5.32 Å². The van der Waals surface area contributed by atoms with Crippen LogP contribution in [0.15, 0.2) is 24.3 Å². The molecule has 0 heterocycles. The average Bonchev–Trinajstić information content (AvgIpc) is 2.50. The maximum atomic E-state index is 12.0. The maximum absolute atomic E-state index is 12.0. The van der Waals surface area contributed by atoms with E-state index in [0.29, 0.717) is 6.54 Å². The van der Waals surface area contributed by atoms with Crippen LogP contribution in [0.5, 0.6) is 5.75 Å². The number of carbonyl (C=O) groups excluding carboxylic acids is 1. The summed E-state index contributed by atoms with van der Waals surface area (Å²) in [6, 6.07) is 7.62. The summed E-state index contributed by atoms with van der Waals surface area (Å²) in [6.07, 6.45) is 0.801. The number of rotatable bonds is 8. The Morgan fingerprint density at radius 1 is 1.35 bits per heavy atom. The van der Waals surface area contributed by atoms with Crippen molar-refractivity contribution in [3.8, 4) is 5.75 Å². The van der Waals surface area contributed by atoms with E-state index in [9.17, 15) is 4.79 Å². The smallest absolute Gasteiger partial charge is 0.223 e. The number of para-hydroxylation sites is 1. The first kappa shape index (κ1) is 16.5. The molecular formula is C15H24N2O3. The summed E-state index contributed by atoms with van der Waals surface area (Å²) in [5.74, 6) is 0.710. The van der Waals surface area contributed by atoms with Crippen molar-refractivity contribution in [2.45, 2.75) is 31.9 Å². The Morgan fingerprint density at radius 3 is 2.60 bits per heavy atom. The van der Waals surface area contributed by atoms with E-state index >= 15 is 0 Å². The molecule has 1 aromatic rings. The van der Waals surface area contributed by atoms with Crippen molar-refractivity contribution in [3.05, 3.63) is 29.8 Å². The van der Waals surface area contributed by atoms with Gasteiger partial charge in [-0.15, -0.1) is 0 Å². The zero-order valence-corrected chi connectivity index (χ0v) is 12.4. The fourth-order valence-corrected chi connectivity index (χ4v) is 2.08. The Labute approximate surface area is 120 Å². The zero-order chi connectivity index (χ0) is 15.0. The van der Waals surface area contributed by atoms with Gasteiger partial charge in [0, 0.05) is 19.2 Å². The zero-order valence-electron chi connectivity index (χ0n) is 12.4. The van der Waals surface area contributed by atoms with Gasteiger partial charge >= 0.3 is 0 Å². The van der Waals surface area contributed by atoms with Crippen LogP contribution < -0.4 is 15.8 Å². The summed E-state index contributed by atoms with van der Waals surface area (Å²) >= 11 is 0. The molecule has 0 spiro atoms. The van der Waals surface area contributed by atoms with Gasteiger partial charge < -0.3 is 20.5 Å². The fourth-order valence-electron chi connectivity index (χ4n) is 2.08. The second-order valence-electron chi connectivity index (χ2n) is 4.57. The normalized spacial score (nSPS) is 13.6. The predicted molar refractivity (Wildman–Crippen MR) is 78.6 cm³/mol. The molecular weight excluding hydrogens is 256 g/mol. The molecule has 2 unspecified atom stereocenters. The van der Waals surface area contributed by atoms with Gasteiger partial charge in [-0.05, 0) is 12.5 Å². The minimum atomic E-state index is -0.245. The van der Waals surface area contributed by atoms with Crippen LogP contribution in [0.4, 0.5) is 0 Å². The summed E-state index contributed by atoms with van der Waals surface area (Å²) in [4.78, 5) is 12.0. The highest BCUT2D eigenvalue weighted by atomic mass is 16.5. The Balaban J connectivity index is 2.74. The number of ether oxygens (including phenoxy) is 2. The van der Waals surface area contributed by atoms with E-state index in [0.717, 1.165) is 17.7 Å². The lowest BCUT2D eigenvalue weighted by Gasteiger charge is -2.21. The van der Waals surface area contributed by atoms with E-state index in [4.69, 9.17) is 15.2 Å². The molecule has 1 amide bonds. The third-order valence-electron chi connectivity index (χ3n) is 3.27. The standard InChI is InChI=1S/C15H24N2O3/c1-4-13(12-7-5-6-8-14(12)20-3)17-15(18)9-11(10-16)19-2/h5-8,11,13H,4,9-10,16H2,1-3H3,(H,17,18). The molecule has 0 aliphatic heterocycles. The molecule has 20 heavy (non-hydrogen) atoms. The molecule has 5 nitrogen and oxygen atoms in total. The molecule has 0 aliphatic rings. The van der Waals surface area contributed by atoms with Crippen LogP contribution in [0.2, 0.25) is 0 Å². The summed E-state index contributed by atoms with van der Waals surface area (Å²) in [5, 5.41) is 3.00. The molecule has 2 atom stereocenters. The van der Waals surface area contributed by atoms with Crippen LogP contribution in [0, 0.1) is 0 Å². The quantitative estimate of drug-likeness (QED) is 0.759. The summed E-state index contributed by atoms with van der Waals surface area (Å²) in [5.41, 5.74) is 6.51. The summed E-state index contributed by atoms with van der Waals surface area (Å²) in [7, 11) is 3.19. The van der Waals surface area contributed by atoms with Gasteiger partial charge in [-0.2, -0.15) is 0 Å². The Bertz CT molecular complexity index is 419. The van der Waals surface area contributed by atoms with Gasteiger partial charge in [-0.25, -0.2) is 0 Å². The second kappa shape index (κ2) is 8.55. The van der Waals surface area contributed by atoms with E-state index in [1.807, 2.05) is 31.2 Å². The molecule has 112 valence electrons. The highest BCUT2D eigenvalue weighted by Gasteiger charge is 2.18. The van der Waals surface area contributed by atoms with Crippen molar-refractivity contribution in [2.24, 2.45) is 5.73 Å². The van der Waals surface area contributed by atoms with Gasteiger partial charge in [-0.3, -0.25) is 4.79 Å². The fraction of sp³-hybridized carbons (Fsp3) is 0.533. The minimum absolute atomic E-state index is 0.0694. The van der Waals surface area contributed by atoms with Crippen molar-refractivity contribution in [1.82, 2.24) is 5.32 Å². The van der Waals surface area contributed by atoms with Crippen LogP contribution in [0.25, 0.3) is 0 Å². The summed E-state index contributed by atoms with van der Waals surface area (Å²) in [6.45, 7) is 2.35. The first-order valence-corrected chi connectivity index (χ1v) is 6.81. The van der Waals surface area contributed by atoms with Crippen LogP contribution >= 0.6 is 0 Å². The highest BCUT2D eigenvalue weighted by Crippen LogP contribution is 2.26. The Morgan fingerprint density at radius 2 is 2.05 bits per heavy atom. The van der Waals surface area contributed by atoms with Crippen LogP contribution in [-0.2, 0) is 9.53 Å². The average molecular weight is 280 g/mol. The van der Waals surface area contributed by atoms with Gasteiger partial charge in [0.05, 0.1) is 25.7 Å². The molecule has 0 aliphatic carbocycles. The molecule has 3 N–H and O–H groups in total. The van der Waals surface area contributed by atoms with Crippen LogP contribution in [-0.4, -0.2) is 32.8 Å². The monoisotopic (exact) mass is 280 g/mol. The lowest BCUT2D eigenvalue weighted by Crippen LogP contribution is -2.34. The Hall–Kier alpha value is -1.59. The van der Waals surface area contributed by atoms with Gasteiger partial charge in [0.2, 0.25) is 5.91 Å². The number of benzene rings is 1.